The number of aromatic nitrogens is 1. The van der Waals surface area contributed by atoms with E-state index in [-0.39, 0.29) is 18.2 Å². The van der Waals surface area contributed by atoms with Gasteiger partial charge < -0.3 is 9.15 Å². The number of carbonyl (C=O) groups is 1. The quantitative estimate of drug-likeness (QED) is 0.307. The molecule has 3 aromatic rings. The molecule has 24 heavy (non-hydrogen) atoms. The van der Waals surface area contributed by atoms with Crippen LogP contribution in [0.5, 0.6) is 0 Å². The molecule has 1 heterocycles. The van der Waals surface area contributed by atoms with Crippen LogP contribution >= 0.6 is 0 Å². The SMILES string of the molecule is C=CCOC(=O)c1cccc(-c2nc3cc([N+](=O)[O-])ccc3o2)c1. The van der Waals surface area contributed by atoms with Crippen molar-refractivity contribution in [2.75, 3.05) is 6.61 Å². The number of hydrogen-bond donors (Lipinski definition) is 0. The summed E-state index contributed by atoms with van der Waals surface area (Å²) in [4.78, 5) is 26.5. The molecule has 0 N–H and O–H groups in total. The fourth-order valence-corrected chi connectivity index (χ4v) is 2.15. The van der Waals surface area contributed by atoms with Crippen LogP contribution in [0.2, 0.25) is 0 Å². The minimum atomic E-state index is -0.496. The highest BCUT2D eigenvalue weighted by Gasteiger charge is 2.14. The normalized spacial score (nSPS) is 10.5. The standard InChI is InChI=1S/C17H12N2O5/c1-2-8-23-17(20)12-5-3-4-11(9-12)16-18-14-10-13(19(21)22)6-7-15(14)24-16/h2-7,9-10H,1,8H2. The fourth-order valence-electron chi connectivity index (χ4n) is 2.15. The average Bonchev–Trinajstić information content (AvgIpc) is 3.03. The Morgan fingerprint density at radius 1 is 1.33 bits per heavy atom. The van der Waals surface area contributed by atoms with Gasteiger partial charge in [-0.25, -0.2) is 9.78 Å². The predicted octanol–water partition coefficient (Wildman–Crippen LogP) is 3.75. The van der Waals surface area contributed by atoms with Crippen LogP contribution in [0.25, 0.3) is 22.6 Å². The topological polar surface area (TPSA) is 95.5 Å². The van der Waals surface area contributed by atoms with Gasteiger partial charge in [0.15, 0.2) is 5.58 Å². The number of nitrogens with zero attached hydrogens (tertiary/aromatic N) is 2. The molecule has 0 radical (unpaired) electrons. The third-order valence-electron chi connectivity index (χ3n) is 3.26. The number of nitro benzene ring substituents is 1. The Labute approximate surface area is 136 Å². The maximum absolute atomic E-state index is 11.9. The highest BCUT2D eigenvalue weighted by atomic mass is 16.6. The summed E-state index contributed by atoms with van der Waals surface area (Å²) in [5.41, 5.74) is 1.66. The van der Waals surface area contributed by atoms with Crippen molar-refractivity contribution in [3.8, 4) is 11.5 Å². The number of rotatable bonds is 5. The van der Waals surface area contributed by atoms with E-state index >= 15 is 0 Å². The van der Waals surface area contributed by atoms with E-state index in [9.17, 15) is 14.9 Å². The molecule has 0 aliphatic heterocycles. The van der Waals surface area contributed by atoms with Gasteiger partial charge in [-0.1, -0.05) is 18.7 Å². The number of benzene rings is 2. The monoisotopic (exact) mass is 324 g/mol. The van der Waals surface area contributed by atoms with Crippen molar-refractivity contribution in [3.63, 3.8) is 0 Å². The van der Waals surface area contributed by atoms with Crippen molar-refractivity contribution >= 4 is 22.8 Å². The van der Waals surface area contributed by atoms with Gasteiger partial charge in [0.2, 0.25) is 5.89 Å². The number of ether oxygens (including phenoxy) is 1. The molecule has 3 rings (SSSR count). The smallest absolute Gasteiger partial charge is 0.338 e. The first-order chi connectivity index (χ1) is 11.6. The van der Waals surface area contributed by atoms with Crippen molar-refractivity contribution < 1.29 is 18.9 Å². The summed E-state index contributed by atoms with van der Waals surface area (Å²) in [6.45, 7) is 3.61. The third-order valence-corrected chi connectivity index (χ3v) is 3.26. The van der Waals surface area contributed by atoms with Crippen molar-refractivity contribution in [3.05, 3.63) is 70.8 Å². The third kappa shape index (κ3) is 3.00. The Morgan fingerprint density at radius 3 is 2.92 bits per heavy atom. The molecule has 0 aliphatic carbocycles. The molecular formula is C17H12N2O5. The minimum absolute atomic E-state index is 0.0656. The lowest BCUT2D eigenvalue weighted by Crippen LogP contribution is -2.04. The molecule has 0 saturated heterocycles. The lowest BCUT2D eigenvalue weighted by atomic mass is 10.1. The summed E-state index contributed by atoms with van der Waals surface area (Å²) < 4.78 is 10.6. The number of nitro groups is 1. The van der Waals surface area contributed by atoms with E-state index in [2.05, 4.69) is 11.6 Å². The zero-order valence-electron chi connectivity index (χ0n) is 12.5. The maximum atomic E-state index is 11.9. The Hall–Kier alpha value is -3.48. The van der Waals surface area contributed by atoms with Crippen molar-refractivity contribution in [1.82, 2.24) is 4.98 Å². The molecule has 0 unspecified atom stereocenters. The van der Waals surface area contributed by atoms with Crippen LogP contribution < -0.4 is 0 Å². The Morgan fingerprint density at radius 2 is 2.17 bits per heavy atom. The summed E-state index contributed by atoms with van der Waals surface area (Å²) in [5.74, 6) is -0.215. The van der Waals surface area contributed by atoms with Crippen LogP contribution in [-0.2, 0) is 4.74 Å². The number of fused-ring (bicyclic) bond motifs is 1. The fraction of sp³-hybridized carbons (Fsp3) is 0.0588. The summed E-state index contributed by atoms with van der Waals surface area (Å²) in [5, 5.41) is 10.8. The molecule has 0 amide bonds. The summed E-state index contributed by atoms with van der Waals surface area (Å²) in [7, 11) is 0. The van der Waals surface area contributed by atoms with E-state index in [0.717, 1.165) is 0 Å². The van der Waals surface area contributed by atoms with E-state index in [1.165, 1.54) is 24.3 Å². The van der Waals surface area contributed by atoms with E-state index in [0.29, 0.717) is 22.2 Å². The van der Waals surface area contributed by atoms with Gasteiger partial charge in [0.1, 0.15) is 12.1 Å². The predicted molar refractivity (Wildman–Crippen MR) is 86.6 cm³/mol. The summed E-state index contributed by atoms with van der Waals surface area (Å²) >= 11 is 0. The van der Waals surface area contributed by atoms with Crippen molar-refractivity contribution in [1.29, 1.82) is 0 Å². The van der Waals surface area contributed by atoms with E-state index < -0.39 is 10.9 Å². The van der Waals surface area contributed by atoms with Crippen LogP contribution in [0.1, 0.15) is 10.4 Å². The maximum Gasteiger partial charge on any atom is 0.338 e. The molecule has 7 nitrogen and oxygen atoms in total. The summed E-state index contributed by atoms with van der Waals surface area (Å²) in [6, 6.07) is 10.8. The number of non-ortho nitro benzene ring substituents is 1. The molecule has 0 fully saturated rings. The van der Waals surface area contributed by atoms with Crippen LogP contribution in [0.15, 0.2) is 59.5 Å². The number of carbonyl (C=O) groups excluding carboxylic acids is 1. The lowest BCUT2D eigenvalue weighted by molar-refractivity contribution is -0.384. The first kappa shape index (κ1) is 15.4. The van der Waals surface area contributed by atoms with Crippen molar-refractivity contribution in [2.45, 2.75) is 0 Å². The van der Waals surface area contributed by atoms with E-state index in [4.69, 9.17) is 9.15 Å². The molecule has 120 valence electrons. The van der Waals surface area contributed by atoms with Gasteiger partial charge in [-0.3, -0.25) is 10.1 Å². The van der Waals surface area contributed by atoms with Gasteiger partial charge in [0.25, 0.3) is 5.69 Å². The van der Waals surface area contributed by atoms with Crippen LogP contribution in [0.4, 0.5) is 5.69 Å². The first-order valence-corrected chi connectivity index (χ1v) is 7.02. The highest BCUT2D eigenvalue weighted by Crippen LogP contribution is 2.27. The van der Waals surface area contributed by atoms with Gasteiger partial charge in [-0.05, 0) is 24.3 Å². The molecule has 0 aliphatic rings. The van der Waals surface area contributed by atoms with Crippen molar-refractivity contribution in [2.24, 2.45) is 0 Å². The van der Waals surface area contributed by atoms with Crippen LogP contribution in [-0.4, -0.2) is 22.5 Å². The van der Waals surface area contributed by atoms with Gasteiger partial charge in [0, 0.05) is 17.7 Å². The molecule has 0 atom stereocenters. The highest BCUT2D eigenvalue weighted by molar-refractivity contribution is 5.91. The zero-order valence-corrected chi connectivity index (χ0v) is 12.5. The van der Waals surface area contributed by atoms with Gasteiger partial charge in [0.05, 0.1) is 10.5 Å². The Bertz CT molecular complexity index is 945. The molecule has 1 aromatic heterocycles. The molecular weight excluding hydrogens is 312 g/mol. The number of oxazole rings is 1. The average molecular weight is 324 g/mol. The second-order valence-corrected chi connectivity index (χ2v) is 4.90. The molecule has 0 saturated carbocycles. The second kappa shape index (κ2) is 6.33. The minimum Gasteiger partial charge on any atom is -0.458 e. The Balaban J connectivity index is 1.96. The lowest BCUT2D eigenvalue weighted by Gasteiger charge is -2.02. The van der Waals surface area contributed by atoms with Gasteiger partial charge >= 0.3 is 5.97 Å². The number of esters is 1. The van der Waals surface area contributed by atoms with Gasteiger partial charge in [-0.2, -0.15) is 0 Å². The molecule has 7 heteroatoms. The van der Waals surface area contributed by atoms with Crippen LogP contribution in [0, 0.1) is 10.1 Å². The molecule has 0 spiro atoms. The van der Waals surface area contributed by atoms with E-state index in [1.807, 2.05) is 0 Å². The summed E-state index contributed by atoms with van der Waals surface area (Å²) in [6.07, 6.45) is 1.48. The largest absolute Gasteiger partial charge is 0.458 e. The first-order valence-electron chi connectivity index (χ1n) is 7.02. The molecule has 2 aromatic carbocycles. The zero-order chi connectivity index (χ0) is 17.1. The Kier molecular flexibility index (Phi) is 4.07. The van der Waals surface area contributed by atoms with E-state index in [1.54, 1.807) is 24.3 Å². The van der Waals surface area contributed by atoms with Gasteiger partial charge in [-0.15, -0.1) is 0 Å². The van der Waals surface area contributed by atoms with Crippen LogP contribution in [0.3, 0.4) is 0 Å². The number of hydrogen-bond acceptors (Lipinski definition) is 6. The second-order valence-electron chi connectivity index (χ2n) is 4.90. The molecule has 0 bridgehead atoms.